The number of nitrogens with two attached hydrogens (primary N) is 1. The van der Waals surface area contributed by atoms with E-state index in [0.29, 0.717) is 0 Å². The van der Waals surface area contributed by atoms with E-state index in [-0.39, 0.29) is 18.1 Å². The minimum absolute atomic E-state index is 0.0825. The lowest BCUT2D eigenvalue weighted by Crippen LogP contribution is -2.43. The quantitative estimate of drug-likeness (QED) is 0.862. The van der Waals surface area contributed by atoms with E-state index in [2.05, 4.69) is 13.8 Å². The molecule has 0 aromatic heterocycles. The summed E-state index contributed by atoms with van der Waals surface area (Å²) in [6, 6.07) is 3.93. The number of hydrogen-bond acceptors (Lipinski definition) is 3. The molecule has 3 N–H and O–H groups in total. The van der Waals surface area contributed by atoms with Gasteiger partial charge in [-0.2, -0.15) is 0 Å². The first-order valence-corrected chi connectivity index (χ1v) is 6.56. The van der Waals surface area contributed by atoms with Gasteiger partial charge >= 0.3 is 0 Å². The van der Waals surface area contributed by atoms with Crippen molar-refractivity contribution in [2.24, 2.45) is 11.1 Å². The molecule has 18 heavy (non-hydrogen) atoms. The monoisotopic (exact) mass is 249 g/mol. The number of aliphatic hydroxyl groups is 1. The Hall–Kier alpha value is -1.06. The van der Waals surface area contributed by atoms with Gasteiger partial charge in [-0.3, -0.25) is 0 Å². The number of aliphatic hydroxyl groups excluding tert-OH is 1. The predicted molar refractivity (Wildman–Crippen MR) is 72.8 cm³/mol. The van der Waals surface area contributed by atoms with E-state index in [4.69, 9.17) is 10.5 Å². The van der Waals surface area contributed by atoms with E-state index in [9.17, 15) is 5.11 Å². The average molecular weight is 249 g/mol. The van der Waals surface area contributed by atoms with E-state index in [0.717, 1.165) is 29.7 Å². The molecule has 0 amide bonds. The minimum Gasteiger partial charge on any atom is -0.496 e. The minimum atomic E-state index is -0.105. The molecule has 1 aromatic carbocycles. The van der Waals surface area contributed by atoms with Crippen molar-refractivity contribution in [1.82, 2.24) is 0 Å². The fourth-order valence-corrected chi connectivity index (χ4v) is 2.90. The summed E-state index contributed by atoms with van der Waals surface area (Å²) in [5.41, 5.74) is 9.76. The molecule has 1 fully saturated rings. The molecule has 3 nitrogen and oxygen atoms in total. The molecule has 3 heteroatoms. The van der Waals surface area contributed by atoms with Crippen molar-refractivity contribution in [2.75, 3.05) is 13.7 Å². The lowest BCUT2D eigenvalue weighted by molar-refractivity contribution is 0.0182. The molecule has 2 rings (SSSR count). The van der Waals surface area contributed by atoms with Crippen LogP contribution in [0, 0.1) is 19.3 Å². The van der Waals surface area contributed by atoms with Crippen LogP contribution in [0.4, 0.5) is 0 Å². The molecule has 0 aliphatic heterocycles. The van der Waals surface area contributed by atoms with Crippen LogP contribution in [0.5, 0.6) is 5.75 Å². The van der Waals surface area contributed by atoms with Crippen LogP contribution < -0.4 is 10.5 Å². The third kappa shape index (κ3) is 1.91. The predicted octanol–water partition coefficient (Wildman–Crippen LogP) is 2.47. The molecule has 1 saturated carbocycles. The van der Waals surface area contributed by atoms with Crippen LogP contribution in [0.1, 0.15) is 42.0 Å². The van der Waals surface area contributed by atoms with Gasteiger partial charge in [-0.1, -0.05) is 12.5 Å². The summed E-state index contributed by atoms with van der Waals surface area (Å²) in [6.07, 6.45) is 3.22. The Morgan fingerprint density at radius 3 is 2.44 bits per heavy atom. The molecule has 0 heterocycles. The first-order chi connectivity index (χ1) is 8.55. The van der Waals surface area contributed by atoms with Crippen LogP contribution in [0.2, 0.25) is 0 Å². The maximum Gasteiger partial charge on any atom is 0.122 e. The van der Waals surface area contributed by atoms with Crippen molar-refractivity contribution in [3.05, 3.63) is 28.8 Å². The molecule has 0 bridgehead atoms. The van der Waals surface area contributed by atoms with E-state index < -0.39 is 0 Å². The fourth-order valence-electron chi connectivity index (χ4n) is 2.90. The highest BCUT2D eigenvalue weighted by Crippen LogP contribution is 2.49. The maximum atomic E-state index is 9.62. The molecule has 1 aliphatic rings. The van der Waals surface area contributed by atoms with Crippen LogP contribution in [0.15, 0.2) is 12.1 Å². The Labute approximate surface area is 109 Å². The Morgan fingerprint density at radius 2 is 2.00 bits per heavy atom. The summed E-state index contributed by atoms with van der Waals surface area (Å²) in [4.78, 5) is 0. The molecule has 100 valence electrons. The summed E-state index contributed by atoms with van der Waals surface area (Å²) in [5, 5.41) is 9.62. The lowest BCUT2D eigenvalue weighted by Gasteiger charge is -2.45. The first-order valence-electron chi connectivity index (χ1n) is 6.56. The van der Waals surface area contributed by atoms with Gasteiger partial charge in [0.15, 0.2) is 0 Å². The molecule has 1 unspecified atom stereocenters. The molecule has 0 radical (unpaired) electrons. The molecule has 1 aromatic rings. The van der Waals surface area contributed by atoms with Crippen molar-refractivity contribution in [3.63, 3.8) is 0 Å². The normalized spacial score (nSPS) is 19.2. The van der Waals surface area contributed by atoms with Crippen molar-refractivity contribution in [1.29, 1.82) is 0 Å². The second kappa shape index (κ2) is 4.90. The van der Waals surface area contributed by atoms with Crippen molar-refractivity contribution in [3.8, 4) is 5.75 Å². The van der Waals surface area contributed by atoms with E-state index in [1.54, 1.807) is 7.11 Å². The summed E-state index contributed by atoms with van der Waals surface area (Å²) >= 11 is 0. The second-order valence-corrected chi connectivity index (χ2v) is 5.46. The zero-order valence-electron chi connectivity index (χ0n) is 11.5. The molecular formula is C15H23NO2. The standard InChI is InChI=1S/C15H23NO2/c1-10-11(2)13(18-3)6-5-12(10)14(16)15(9-17)7-4-8-15/h5-6,14,17H,4,7-9,16H2,1-3H3. The SMILES string of the molecule is COc1ccc(C(N)C2(CO)CCC2)c(C)c1C. The maximum absolute atomic E-state index is 9.62. The second-order valence-electron chi connectivity index (χ2n) is 5.46. The van der Waals surface area contributed by atoms with Gasteiger partial charge in [0.1, 0.15) is 5.75 Å². The van der Waals surface area contributed by atoms with Crippen LogP contribution in [0.3, 0.4) is 0 Å². The van der Waals surface area contributed by atoms with Crippen LogP contribution in [0.25, 0.3) is 0 Å². The van der Waals surface area contributed by atoms with Crippen molar-refractivity contribution < 1.29 is 9.84 Å². The van der Waals surface area contributed by atoms with E-state index in [1.807, 2.05) is 12.1 Å². The number of rotatable bonds is 4. The molecule has 0 saturated heterocycles. The smallest absolute Gasteiger partial charge is 0.122 e. The van der Waals surface area contributed by atoms with Gasteiger partial charge in [0.05, 0.1) is 13.7 Å². The van der Waals surface area contributed by atoms with Crippen molar-refractivity contribution in [2.45, 2.75) is 39.2 Å². The van der Waals surface area contributed by atoms with Gasteiger partial charge in [-0.15, -0.1) is 0 Å². The summed E-state index contributed by atoms with van der Waals surface area (Å²) in [5.74, 6) is 0.898. The van der Waals surface area contributed by atoms with Gasteiger partial charge in [-0.05, 0) is 49.4 Å². The van der Waals surface area contributed by atoms with Gasteiger partial charge in [-0.25, -0.2) is 0 Å². The lowest BCUT2D eigenvalue weighted by atomic mass is 9.62. The Kier molecular flexibility index (Phi) is 3.64. The highest BCUT2D eigenvalue weighted by Gasteiger charge is 2.43. The highest BCUT2D eigenvalue weighted by molar-refractivity contribution is 5.45. The van der Waals surface area contributed by atoms with Crippen LogP contribution >= 0.6 is 0 Å². The topological polar surface area (TPSA) is 55.5 Å². The number of hydrogen-bond donors (Lipinski definition) is 2. The van der Waals surface area contributed by atoms with Crippen LogP contribution in [-0.2, 0) is 0 Å². The summed E-state index contributed by atoms with van der Waals surface area (Å²) < 4.78 is 5.32. The van der Waals surface area contributed by atoms with E-state index in [1.165, 1.54) is 12.0 Å². The van der Waals surface area contributed by atoms with Gasteiger partial charge < -0.3 is 15.6 Å². The summed E-state index contributed by atoms with van der Waals surface area (Å²) in [6.45, 7) is 4.31. The van der Waals surface area contributed by atoms with E-state index >= 15 is 0 Å². The number of benzene rings is 1. The molecular weight excluding hydrogens is 226 g/mol. The number of methoxy groups -OCH3 is 1. The fraction of sp³-hybridized carbons (Fsp3) is 0.600. The van der Waals surface area contributed by atoms with Crippen molar-refractivity contribution >= 4 is 0 Å². The number of ether oxygens (including phenoxy) is 1. The molecule has 1 aliphatic carbocycles. The summed E-state index contributed by atoms with van der Waals surface area (Å²) in [7, 11) is 1.68. The van der Waals surface area contributed by atoms with Crippen LogP contribution in [-0.4, -0.2) is 18.8 Å². The Bertz CT molecular complexity index is 433. The molecule has 0 spiro atoms. The zero-order valence-corrected chi connectivity index (χ0v) is 11.5. The Balaban J connectivity index is 2.36. The zero-order chi connectivity index (χ0) is 13.3. The van der Waals surface area contributed by atoms with Gasteiger partial charge in [0.25, 0.3) is 0 Å². The third-order valence-electron chi connectivity index (χ3n) is 4.66. The average Bonchev–Trinajstić information content (AvgIpc) is 2.31. The first kappa shape index (κ1) is 13.4. The largest absolute Gasteiger partial charge is 0.496 e. The van der Waals surface area contributed by atoms with Gasteiger partial charge in [0.2, 0.25) is 0 Å². The van der Waals surface area contributed by atoms with Gasteiger partial charge in [0, 0.05) is 11.5 Å². The Morgan fingerprint density at radius 1 is 1.33 bits per heavy atom. The third-order valence-corrected chi connectivity index (χ3v) is 4.66. The highest BCUT2D eigenvalue weighted by atomic mass is 16.5. The molecule has 1 atom stereocenters.